The fourth-order valence-electron chi connectivity index (χ4n) is 1.28. The molecule has 0 unspecified atom stereocenters. The first kappa shape index (κ1) is 12.5. The Labute approximate surface area is 110 Å². The van der Waals surface area contributed by atoms with Gasteiger partial charge in [-0.1, -0.05) is 22.9 Å². The van der Waals surface area contributed by atoms with Gasteiger partial charge in [0.25, 0.3) is 0 Å². The highest BCUT2D eigenvalue weighted by atomic mass is 35.5. The maximum atomic E-state index is 10.9. The number of nitrogens with zero attached hydrogens (tertiary/aromatic N) is 2. The number of aromatic nitrogens is 2. The van der Waals surface area contributed by atoms with E-state index in [2.05, 4.69) is 15.3 Å². The van der Waals surface area contributed by atoms with Gasteiger partial charge in [-0.3, -0.25) is 14.9 Å². The van der Waals surface area contributed by atoms with Gasteiger partial charge in [-0.25, -0.2) is 4.98 Å². The zero-order chi connectivity index (χ0) is 13.1. The number of nitrogens with one attached hydrogen (secondary N) is 2. The minimum atomic E-state index is -0.572. The van der Waals surface area contributed by atoms with Crippen molar-refractivity contribution in [1.82, 2.24) is 9.97 Å². The Kier molecular flexibility index (Phi) is 3.58. The van der Waals surface area contributed by atoms with Crippen LogP contribution in [0.15, 0.2) is 22.4 Å². The largest absolute Gasteiger partial charge is 0.359 e. The Morgan fingerprint density at radius 3 is 3.00 bits per heavy atom. The molecule has 0 saturated heterocycles. The van der Waals surface area contributed by atoms with Crippen molar-refractivity contribution in [3.05, 3.63) is 48.1 Å². The van der Waals surface area contributed by atoms with Gasteiger partial charge in [-0.2, -0.15) is 0 Å². The van der Waals surface area contributed by atoms with E-state index in [-0.39, 0.29) is 27.9 Å². The molecular formula is C9H7ClN4O3S. The second-order valence-electron chi connectivity index (χ2n) is 3.31. The molecular weight excluding hydrogens is 280 g/mol. The second-order valence-corrected chi connectivity index (χ2v) is 4.58. The molecule has 2 aromatic heterocycles. The van der Waals surface area contributed by atoms with Crippen LogP contribution in [-0.2, 0) is 6.54 Å². The number of thiazole rings is 1. The Morgan fingerprint density at radius 1 is 1.61 bits per heavy atom. The third kappa shape index (κ3) is 2.84. The number of H-pyrrole nitrogens is 1. The average Bonchev–Trinajstić information content (AvgIpc) is 2.73. The van der Waals surface area contributed by atoms with Crippen LogP contribution in [0.4, 0.5) is 11.5 Å². The van der Waals surface area contributed by atoms with Crippen molar-refractivity contribution < 1.29 is 4.92 Å². The van der Waals surface area contributed by atoms with E-state index in [9.17, 15) is 14.9 Å². The van der Waals surface area contributed by atoms with Crippen LogP contribution in [0.1, 0.15) is 5.69 Å². The van der Waals surface area contributed by atoms with Crippen molar-refractivity contribution in [3.63, 3.8) is 0 Å². The molecule has 0 aliphatic carbocycles. The summed E-state index contributed by atoms with van der Waals surface area (Å²) in [5.41, 5.74) is 0.427. The first-order valence-electron chi connectivity index (χ1n) is 4.77. The lowest BCUT2D eigenvalue weighted by Crippen LogP contribution is -2.06. The van der Waals surface area contributed by atoms with Crippen LogP contribution in [0.5, 0.6) is 0 Å². The topological polar surface area (TPSA) is 101 Å². The third-order valence-electron chi connectivity index (χ3n) is 2.05. The molecule has 0 aromatic carbocycles. The maximum absolute atomic E-state index is 10.9. The standard InChI is InChI=1S/C9H7ClN4O3S/c10-5-1-7(14(16)17)8(11-2-5)12-3-6-4-18-9(15)13-6/h1-2,4H,3H2,(H,11,12)(H,13,15). The van der Waals surface area contributed by atoms with Crippen LogP contribution < -0.4 is 10.2 Å². The fourth-order valence-corrected chi connectivity index (χ4v) is 2.02. The maximum Gasteiger partial charge on any atom is 0.312 e. The van der Waals surface area contributed by atoms with Crippen LogP contribution in [-0.4, -0.2) is 14.9 Å². The average molecular weight is 287 g/mol. The van der Waals surface area contributed by atoms with E-state index in [1.54, 1.807) is 5.38 Å². The lowest BCUT2D eigenvalue weighted by Gasteiger charge is -2.04. The fraction of sp³-hybridized carbons (Fsp3) is 0.111. The van der Waals surface area contributed by atoms with Gasteiger partial charge < -0.3 is 10.3 Å². The molecule has 2 N–H and O–H groups in total. The smallest absolute Gasteiger partial charge is 0.312 e. The van der Waals surface area contributed by atoms with E-state index in [4.69, 9.17) is 11.6 Å². The van der Waals surface area contributed by atoms with E-state index in [0.717, 1.165) is 11.3 Å². The Bertz CT molecular complexity index is 639. The molecule has 94 valence electrons. The lowest BCUT2D eigenvalue weighted by molar-refractivity contribution is -0.384. The zero-order valence-electron chi connectivity index (χ0n) is 8.84. The van der Waals surface area contributed by atoms with E-state index in [0.29, 0.717) is 5.69 Å². The van der Waals surface area contributed by atoms with Crippen LogP contribution in [0.2, 0.25) is 5.02 Å². The van der Waals surface area contributed by atoms with E-state index < -0.39 is 4.92 Å². The summed E-state index contributed by atoms with van der Waals surface area (Å²) >= 11 is 6.67. The number of aromatic amines is 1. The molecule has 0 fully saturated rings. The summed E-state index contributed by atoms with van der Waals surface area (Å²) in [6, 6.07) is 1.22. The molecule has 2 rings (SSSR count). The molecule has 0 bridgehead atoms. The summed E-state index contributed by atoms with van der Waals surface area (Å²) in [6.07, 6.45) is 1.31. The number of pyridine rings is 1. The minimum absolute atomic E-state index is 0.108. The molecule has 18 heavy (non-hydrogen) atoms. The second kappa shape index (κ2) is 5.15. The quantitative estimate of drug-likeness (QED) is 0.661. The predicted molar refractivity (Wildman–Crippen MR) is 68.2 cm³/mol. The Morgan fingerprint density at radius 2 is 2.39 bits per heavy atom. The van der Waals surface area contributed by atoms with Gasteiger partial charge in [-0.05, 0) is 0 Å². The van der Waals surface area contributed by atoms with Crippen LogP contribution >= 0.6 is 22.9 Å². The molecule has 0 saturated carbocycles. The highest BCUT2D eigenvalue weighted by Crippen LogP contribution is 2.25. The first-order chi connectivity index (χ1) is 8.56. The Hall–Kier alpha value is -1.93. The lowest BCUT2D eigenvalue weighted by atomic mass is 10.4. The number of halogens is 1. The molecule has 0 aliphatic heterocycles. The van der Waals surface area contributed by atoms with Crippen molar-refractivity contribution in [2.75, 3.05) is 5.32 Å². The minimum Gasteiger partial charge on any atom is -0.359 e. The highest BCUT2D eigenvalue weighted by Gasteiger charge is 2.15. The summed E-state index contributed by atoms with van der Waals surface area (Å²) in [7, 11) is 0. The summed E-state index contributed by atoms with van der Waals surface area (Å²) in [6.45, 7) is 0.244. The third-order valence-corrected chi connectivity index (χ3v) is 2.97. The van der Waals surface area contributed by atoms with Gasteiger partial charge >= 0.3 is 10.6 Å². The normalized spacial score (nSPS) is 10.3. The highest BCUT2D eigenvalue weighted by molar-refractivity contribution is 7.07. The summed E-state index contributed by atoms with van der Waals surface area (Å²) in [4.78, 5) is 27.4. The van der Waals surface area contributed by atoms with Crippen molar-refractivity contribution in [1.29, 1.82) is 0 Å². The molecule has 0 radical (unpaired) electrons. The first-order valence-corrected chi connectivity index (χ1v) is 6.02. The van der Waals surface area contributed by atoms with E-state index >= 15 is 0 Å². The van der Waals surface area contributed by atoms with Crippen molar-refractivity contribution in [2.45, 2.75) is 6.54 Å². The Balaban J connectivity index is 2.18. The van der Waals surface area contributed by atoms with Gasteiger partial charge in [0.1, 0.15) is 0 Å². The summed E-state index contributed by atoms with van der Waals surface area (Å²) in [5, 5.41) is 15.4. The monoisotopic (exact) mass is 286 g/mol. The molecule has 2 aromatic rings. The number of nitro groups is 1. The SMILES string of the molecule is O=c1[nH]c(CNc2ncc(Cl)cc2[N+](=O)[O-])cs1. The summed E-state index contributed by atoms with van der Waals surface area (Å²) in [5.74, 6) is 0.108. The zero-order valence-corrected chi connectivity index (χ0v) is 10.4. The van der Waals surface area contributed by atoms with Crippen molar-refractivity contribution >= 4 is 34.4 Å². The van der Waals surface area contributed by atoms with Gasteiger partial charge in [0.2, 0.25) is 5.82 Å². The molecule has 7 nitrogen and oxygen atoms in total. The van der Waals surface area contributed by atoms with Gasteiger partial charge in [0.05, 0.1) is 16.5 Å². The molecule has 0 spiro atoms. The van der Waals surface area contributed by atoms with Crippen LogP contribution in [0.25, 0.3) is 0 Å². The van der Waals surface area contributed by atoms with E-state index in [1.807, 2.05) is 0 Å². The number of hydrogen-bond donors (Lipinski definition) is 2. The van der Waals surface area contributed by atoms with Crippen LogP contribution in [0, 0.1) is 10.1 Å². The van der Waals surface area contributed by atoms with E-state index in [1.165, 1.54) is 12.3 Å². The van der Waals surface area contributed by atoms with Crippen molar-refractivity contribution in [2.24, 2.45) is 0 Å². The molecule has 0 amide bonds. The van der Waals surface area contributed by atoms with Gasteiger partial charge in [0, 0.05) is 23.3 Å². The molecule has 0 atom stereocenters. The number of anilines is 1. The van der Waals surface area contributed by atoms with Crippen LogP contribution in [0.3, 0.4) is 0 Å². The molecule has 0 aliphatic rings. The van der Waals surface area contributed by atoms with Gasteiger partial charge in [-0.15, -0.1) is 0 Å². The number of hydrogen-bond acceptors (Lipinski definition) is 6. The molecule has 2 heterocycles. The molecule has 9 heteroatoms. The predicted octanol–water partition coefficient (Wildman–Crippen LogP) is 2.01. The van der Waals surface area contributed by atoms with Crippen molar-refractivity contribution in [3.8, 4) is 0 Å². The summed E-state index contributed by atoms with van der Waals surface area (Å²) < 4.78 is 0. The number of rotatable bonds is 4. The van der Waals surface area contributed by atoms with Gasteiger partial charge in [0.15, 0.2) is 0 Å².